The largest absolute Gasteiger partial charge is 0.457 e. The fourth-order valence-electron chi connectivity index (χ4n) is 4.24. The summed E-state index contributed by atoms with van der Waals surface area (Å²) >= 11 is 6.38. The zero-order chi connectivity index (χ0) is 28.1. The van der Waals surface area contributed by atoms with E-state index in [4.69, 9.17) is 16.3 Å². The molecule has 1 aliphatic heterocycles. The van der Waals surface area contributed by atoms with Gasteiger partial charge in [0.2, 0.25) is 5.91 Å². The van der Waals surface area contributed by atoms with Crippen LogP contribution in [0.3, 0.4) is 0 Å². The Kier molecular flexibility index (Phi) is 8.37. The number of hydrogen-bond donors (Lipinski definition) is 4. The number of carbonyl (C=O) groups excluding carboxylic acids is 2. The van der Waals surface area contributed by atoms with Gasteiger partial charge in [-0.15, -0.1) is 0 Å². The van der Waals surface area contributed by atoms with Crippen LogP contribution in [-0.4, -0.2) is 61.1 Å². The Morgan fingerprint density at radius 3 is 2.45 bits per heavy atom. The molecule has 2 aliphatic rings. The van der Waals surface area contributed by atoms with Gasteiger partial charge in [0, 0.05) is 56.2 Å². The standard InChI is InChI=1S/C29H32ClN7O3/c1-3-28(38)34-26-16-20(37-14-12-36(2)13-15-37)6-8-25(26)33-27-18-22(10-11-31-27)40-21-7-9-24(23(30)17-21)35-29(39)32-19-4-5-19/h3,6-11,16-19H,1,4-5,12-15H2,2H3,(H,31,33)(H,34,38)(H2,32,35,39). The number of halogens is 1. The number of aromatic nitrogens is 1. The smallest absolute Gasteiger partial charge is 0.319 e. The number of benzene rings is 2. The zero-order valence-corrected chi connectivity index (χ0v) is 23.0. The lowest BCUT2D eigenvalue weighted by molar-refractivity contribution is -0.111. The van der Waals surface area contributed by atoms with Crippen LogP contribution in [0.5, 0.6) is 11.5 Å². The minimum Gasteiger partial charge on any atom is -0.457 e. The molecule has 0 unspecified atom stereocenters. The first-order valence-corrected chi connectivity index (χ1v) is 13.5. The second-order valence-corrected chi connectivity index (χ2v) is 10.2. The molecule has 1 aliphatic carbocycles. The van der Waals surface area contributed by atoms with Gasteiger partial charge < -0.3 is 35.8 Å². The molecule has 1 saturated carbocycles. The zero-order valence-electron chi connectivity index (χ0n) is 22.2. The average Bonchev–Trinajstić information content (AvgIpc) is 3.76. The van der Waals surface area contributed by atoms with Gasteiger partial charge >= 0.3 is 6.03 Å². The molecule has 2 aromatic carbocycles. The van der Waals surface area contributed by atoms with Crippen LogP contribution in [0.15, 0.2) is 67.4 Å². The lowest BCUT2D eigenvalue weighted by atomic mass is 10.2. The lowest BCUT2D eigenvalue weighted by Crippen LogP contribution is -2.44. The molecule has 1 saturated heterocycles. The van der Waals surface area contributed by atoms with Crippen molar-refractivity contribution in [3.05, 3.63) is 72.4 Å². The summed E-state index contributed by atoms with van der Waals surface area (Å²) in [6.45, 7) is 7.35. The number of pyridine rings is 1. The van der Waals surface area contributed by atoms with Gasteiger partial charge in [0.1, 0.15) is 17.3 Å². The summed E-state index contributed by atoms with van der Waals surface area (Å²) in [5.74, 6) is 1.26. The van der Waals surface area contributed by atoms with Gasteiger partial charge in [0.15, 0.2) is 0 Å². The highest BCUT2D eigenvalue weighted by molar-refractivity contribution is 6.33. The van der Waals surface area contributed by atoms with Crippen molar-refractivity contribution in [2.24, 2.45) is 0 Å². The Bertz CT molecular complexity index is 1400. The first-order chi connectivity index (χ1) is 19.4. The number of anilines is 5. The summed E-state index contributed by atoms with van der Waals surface area (Å²) in [7, 11) is 2.11. The van der Waals surface area contributed by atoms with Gasteiger partial charge in [-0.05, 0) is 62.4 Å². The third-order valence-electron chi connectivity index (χ3n) is 6.65. The monoisotopic (exact) mass is 561 g/mol. The van der Waals surface area contributed by atoms with E-state index in [0.29, 0.717) is 39.4 Å². The molecule has 3 amide bonds. The highest BCUT2D eigenvalue weighted by atomic mass is 35.5. The number of amides is 3. The number of nitrogens with one attached hydrogen (secondary N) is 4. The molecule has 1 aromatic heterocycles. The van der Waals surface area contributed by atoms with Crippen molar-refractivity contribution >= 4 is 52.1 Å². The number of rotatable bonds is 9. The second-order valence-electron chi connectivity index (χ2n) is 9.83. The molecule has 0 bridgehead atoms. The van der Waals surface area contributed by atoms with Crippen LogP contribution in [0.4, 0.5) is 33.4 Å². The Labute approximate surface area is 238 Å². The SMILES string of the molecule is C=CC(=O)Nc1cc(N2CCN(C)CC2)ccc1Nc1cc(Oc2ccc(NC(=O)NC3CC3)c(Cl)c2)ccn1. The molecule has 4 N–H and O–H groups in total. The number of ether oxygens (including phenoxy) is 1. The van der Waals surface area contributed by atoms with Crippen molar-refractivity contribution in [1.29, 1.82) is 0 Å². The quantitative estimate of drug-likeness (QED) is 0.258. The van der Waals surface area contributed by atoms with Crippen molar-refractivity contribution in [2.45, 2.75) is 18.9 Å². The molecule has 208 valence electrons. The average molecular weight is 562 g/mol. The topological polar surface area (TPSA) is 111 Å². The third kappa shape index (κ3) is 7.22. The Morgan fingerprint density at radius 2 is 1.73 bits per heavy atom. The second kappa shape index (κ2) is 12.3. The number of hydrogen-bond acceptors (Lipinski definition) is 7. The fourth-order valence-corrected chi connectivity index (χ4v) is 4.46. The minimum atomic E-state index is -0.302. The van der Waals surface area contributed by atoms with Gasteiger partial charge in [-0.25, -0.2) is 9.78 Å². The van der Waals surface area contributed by atoms with E-state index in [9.17, 15) is 9.59 Å². The number of urea groups is 1. The number of carbonyl (C=O) groups is 2. The van der Waals surface area contributed by atoms with E-state index in [1.807, 2.05) is 18.2 Å². The highest BCUT2D eigenvalue weighted by Gasteiger charge is 2.23. The summed E-state index contributed by atoms with van der Waals surface area (Å²) in [6, 6.07) is 14.4. The minimum absolute atomic E-state index is 0.250. The Morgan fingerprint density at radius 1 is 0.975 bits per heavy atom. The van der Waals surface area contributed by atoms with E-state index >= 15 is 0 Å². The summed E-state index contributed by atoms with van der Waals surface area (Å²) in [5.41, 5.74) is 2.83. The molecule has 0 radical (unpaired) electrons. The van der Waals surface area contributed by atoms with Gasteiger partial charge in [-0.2, -0.15) is 0 Å². The van der Waals surface area contributed by atoms with Crippen molar-refractivity contribution < 1.29 is 14.3 Å². The summed E-state index contributed by atoms with van der Waals surface area (Å²) < 4.78 is 6.00. The highest BCUT2D eigenvalue weighted by Crippen LogP contribution is 2.33. The molecular weight excluding hydrogens is 530 g/mol. The maximum atomic E-state index is 12.2. The predicted octanol–water partition coefficient (Wildman–Crippen LogP) is 5.43. The van der Waals surface area contributed by atoms with Crippen molar-refractivity contribution in [1.82, 2.24) is 15.2 Å². The third-order valence-corrected chi connectivity index (χ3v) is 6.96. The van der Waals surface area contributed by atoms with E-state index in [1.54, 1.807) is 36.5 Å². The maximum Gasteiger partial charge on any atom is 0.319 e. The molecule has 2 heterocycles. The van der Waals surface area contributed by atoms with Crippen LogP contribution >= 0.6 is 11.6 Å². The molecule has 5 rings (SSSR count). The van der Waals surface area contributed by atoms with Gasteiger partial charge in [0.05, 0.1) is 22.1 Å². The molecule has 10 nitrogen and oxygen atoms in total. The van der Waals surface area contributed by atoms with Crippen LogP contribution in [0, 0.1) is 0 Å². The molecule has 0 spiro atoms. The first-order valence-electron chi connectivity index (χ1n) is 13.2. The van der Waals surface area contributed by atoms with Crippen LogP contribution in [0.25, 0.3) is 0 Å². The first kappa shape index (κ1) is 27.3. The number of nitrogens with zero attached hydrogens (tertiary/aromatic N) is 3. The summed E-state index contributed by atoms with van der Waals surface area (Å²) in [4.78, 5) is 33.2. The number of likely N-dealkylation sites (N-methyl/N-ethyl adjacent to an activating group) is 1. The maximum absolute atomic E-state index is 12.2. The van der Waals surface area contributed by atoms with E-state index in [0.717, 1.165) is 44.7 Å². The molecule has 2 fully saturated rings. The van der Waals surface area contributed by atoms with E-state index < -0.39 is 0 Å². The summed E-state index contributed by atoms with van der Waals surface area (Å²) in [6.07, 6.45) is 4.87. The van der Waals surface area contributed by atoms with Crippen LogP contribution < -0.4 is 30.9 Å². The lowest BCUT2D eigenvalue weighted by Gasteiger charge is -2.34. The van der Waals surface area contributed by atoms with Crippen LogP contribution in [0.2, 0.25) is 5.02 Å². The Balaban J connectivity index is 1.28. The van der Waals surface area contributed by atoms with E-state index in [2.05, 4.69) is 49.7 Å². The van der Waals surface area contributed by atoms with Crippen LogP contribution in [-0.2, 0) is 4.79 Å². The Hall–Kier alpha value is -4.28. The fraction of sp³-hybridized carbons (Fsp3) is 0.276. The van der Waals surface area contributed by atoms with E-state index in [-0.39, 0.29) is 18.0 Å². The van der Waals surface area contributed by atoms with Crippen molar-refractivity contribution in [2.75, 3.05) is 54.1 Å². The van der Waals surface area contributed by atoms with Crippen molar-refractivity contribution in [3.8, 4) is 11.5 Å². The van der Waals surface area contributed by atoms with Gasteiger partial charge in [-0.3, -0.25) is 4.79 Å². The van der Waals surface area contributed by atoms with Gasteiger partial charge in [0.25, 0.3) is 0 Å². The van der Waals surface area contributed by atoms with Crippen LogP contribution in [0.1, 0.15) is 12.8 Å². The molecule has 40 heavy (non-hydrogen) atoms. The van der Waals surface area contributed by atoms with E-state index in [1.165, 1.54) is 6.08 Å². The predicted molar refractivity (Wildman–Crippen MR) is 159 cm³/mol. The van der Waals surface area contributed by atoms with Gasteiger partial charge in [-0.1, -0.05) is 18.2 Å². The number of piperazine rings is 1. The normalized spacial score (nSPS) is 15.2. The molecular formula is C29H32ClN7O3. The summed E-state index contributed by atoms with van der Waals surface area (Å²) in [5, 5.41) is 12.2. The molecule has 11 heteroatoms. The van der Waals surface area contributed by atoms with Crippen molar-refractivity contribution in [3.63, 3.8) is 0 Å². The molecule has 3 aromatic rings. The molecule has 0 atom stereocenters.